The van der Waals surface area contributed by atoms with Gasteiger partial charge in [-0.05, 0) is 26.7 Å². The lowest BCUT2D eigenvalue weighted by Gasteiger charge is -2.24. The first-order valence-corrected chi connectivity index (χ1v) is 8.45. The number of sulfonamides is 1. The third-order valence-electron chi connectivity index (χ3n) is 3.36. The predicted octanol–water partition coefficient (Wildman–Crippen LogP) is 1.48. The number of aryl methyl sites for hydroxylation is 2. The van der Waals surface area contributed by atoms with Crippen LogP contribution in [0.15, 0.2) is 11.2 Å². The molecular formula is C13H23N3O4S. The standard InChI is InChI=1S/C13H23N3O4S/c1-5-7-15-8-12(14-11(15)4)21(19,20)16(9-13(17)18)10(3)6-2/h8,10H,5-7,9H2,1-4H3,(H,17,18). The molecule has 1 aromatic rings. The lowest BCUT2D eigenvalue weighted by Crippen LogP contribution is -2.41. The van der Waals surface area contributed by atoms with Crippen molar-refractivity contribution in [1.82, 2.24) is 13.9 Å². The Hall–Kier alpha value is -1.41. The molecule has 0 aliphatic heterocycles. The van der Waals surface area contributed by atoms with E-state index in [9.17, 15) is 13.2 Å². The Balaban J connectivity index is 3.21. The summed E-state index contributed by atoms with van der Waals surface area (Å²) >= 11 is 0. The van der Waals surface area contributed by atoms with Gasteiger partial charge < -0.3 is 9.67 Å². The van der Waals surface area contributed by atoms with Crippen LogP contribution in [0.4, 0.5) is 0 Å². The van der Waals surface area contributed by atoms with E-state index in [1.165, 1.54) is 6.20 Å². The van der Waals surface area contributed by atoms with Gasteiger partial charge in [0.15, 0.2) is 5.03 Å². The zero-order chi connectivity index (χ0) is 16.2. The average Bonchev–Trinajstić information content (AvgIpc) is 2.77. The number of rotatable bonds is 8. The maximum absolute atomic E-state index is 12.6. The van der Waals surface area contributed by atoms with E-state index < -0.39 is 28.6 Å². The molecule has 0 fully saturated rings. The van der Waals surface area contributed by atoms with Gasteiger partial charge in [-0.15, -0.1) is 0 Å². The summed E-state index contributed by atoms with van der Waals surface area (Å²) in [4.78, 5) is 15.0. The largest absolute Gasteiger partial charge is 0.480 e. The van der Waals surface area contributed by atoms with Crippen LogP contribution < -0.4 is 0 Å². The van der Waals surface area contributed by atoms with E-state index in [1.807, 2.05) is 13.8 Å². The summed E-state index contributed by atoms with van der Waals surface area (Å²) < 4.78 is 28.0. The summed E-state index contributed by atoms with van der Waals surface area (Å²) in [6.45, 7) is 7.35. The lowest BCUT2D eigenvalue weighted by atomic mass is 10.2. The number of aromatic nitrogens is 2. The number of carbonyl (C=O) groups is 1. The van der Waals surface area contributed by atoms with Crippen LogP contribution in [0.25, 0.3) is 0 Å². The third kappa shape index (κ3) is 4.04. The second-order valence-corrected chi connectivity index (χ2v) is 6.86. The fourth-order valence-electron chi connectivity index (χ4n) is 2.01. The van der Waals surface area contributed by atoms with E-state index in [2.05, 4.69) is 4.98 Å². The van der Waals surface area contributed by atoms with Crippen LogP contribution >= 0.6 is 0 Å². The molecule has 1 heterocycles. The van der Waals surface area contributed by atoms with Gasteiger partial charge in [-0.1, -0.05) is 13.8 Å². The molecule has 0 bridgehead atoms. The minimum atomic E-state index is -3.91. The molecule has 7 nitrogen and oxygen atoms in total. The first kappa shape index (κ1) is 17.6. The van der Waals surface area contributed by atoms with Gasteiger partial charge in [0.2, 0.25) is 0 Å². The number of carboxylic acids is 1. The summed E-state index contributed by atoms with van der Waals surface area (Å²) in [6.07, 6.45) is 2.87. The van der Waals surface area contributed by atoms with E-state index >= 15 is 0 Å². The van der Waals surface area contributed by atoms with Gasteiger partial charge in [-0.25, -0.2) is 13.4 Å². The van der Waals surface area contributed by atoms with E-state index in [-0.39, 0.29) is 5.03 Å². The molecule has 0 saturated carbocycles. The second kappa shape index (κ2) is 7.04. The van der Waals surface area contributed by atoms with Crippen molar-refractivity contribution in [2.24, 2.45) is 0 Å². The van der Waals surface area contributed by atoms with Gasteiger partial charge in [-0.2, -0.15) is 4.31 Å². The molecule has 0 aromatic carbocycles. The van der Waals surface area contributed by atoms with E-state index in [0.29, 0.717) is 18.8 Å². The SMILES string of the molecule is CCCn1cc(S(=O)(=O)N(CC(=O)O)C(C)CC)nc1C. The van der Waals surface area contributed by atoms with Crippen LogP contribution in [-0.4, -0.2) is 45.9 Å². The summed E-state index contributed by atoms with van der Waals surface area (Å²) in [5.41, 5.74) is 0. The number of imidazole rings is 1. The Kier molecular flexibility index (Phi) is 5.91. The highest BCUT2D eigenvalue weighted by atomic mass is 32.2. The minimum Gasteiger partial charge on any atom is -0.480 e. The van der Waals surface area contributed by atoms with Crippen molar-refractivity contribution in [3.05, 3.63) is 12.0 Å². The molecule has 120 valence electrons. The first-order chi connectivity index (χ1) is 9.73. The number of carboxylic acid groups (broad SMARTS) is 1. The molecule has 1 atom stereocenters. The Morgan fingerprint density at radius 1 is 1.48 bits per heavy atom. The predicted molar refractivity (Wildman–Crippen MR) is 78.5 cm³/mol. The molecule has 0 aliphatic rings. The van der Waals surface area contributed by atoms with Crippen molar-refractivity contribution in [2.75, 3.05) is 6.54 Å². The van der Waals surface area contributed by atoms with Crippen molar-refractivity contribution in [1.29, 1.82) is 0 Å². The van der Waals surface area contributed by atoms with Gasteiger partial charge in [0.25, 0.3) is 10.0 Å². The molecular weight excluding hydrogens is 294 g/mol. The van der Waals surface area contributed by atoms with Crippen LogP contribution in [0.1, 0.15) is 39.4 Å². The highest BCUT2D eigenvalue weighted by molar-refractivity contribution is 7.89. The van der Waals surface area contributed by atoms with E-state index in [1.54, 1.807) is 18.4 Å². The summed E-state index contributed by atoms with van der Waals surface area (Å²) in [7, 11) is -3.91. The minimum absolute atomic E-state index is 0.0880. The van der Waals surface area contributed by atoms with Crippen molar-refractivity contribution >= 4 is 16.0 Å². The molecule has 1 unspecified atom stereocenters. The number of hydrogen-bond acceptors (Lipinski definition) is 4. The number of hydrogen-bond donors (Lipinski definition) is 1. The fraction of sp³-hybridized carbons (Fsp3) is 0.692. The van der Waals surface area contributed by atoms with E-state index in [4.69, 9.17) is 5.11 Å². The quantitative estimate of drug-likeness (QED) is 0.784. The molecule has 0 saturated heterocycles. The number of aliphatic carboxylic acids is 1. The molecule has 21 heavy (non-hydrogen) atoms. The molecule has 0 spiro atoms. The molecule has 8 heteroatoms. The van der Waals surface area contributed by atoms with Crippen LogP contribution in [0, 0.1) is 6.92 Å². The Morgan fingerprint density at radius 2 is 2.10 bits per heavy atom. The van der Waals surface area contributed by atoms with Crippen molar-refractivity contribution in [3.63, 3.8) is 0 Å². The highest BCUT2D eigenvalue weighted by Crippen LogP contribution is 2.19. The normalized spacial score (nSPS) is 13.6. The topological polar surface area (TPSA) is 92.5 Å². The molecule has 0 amide bonds. The maximum Gasteiger partial charge on any atom is 0.318 e. The molecule has 0 radical (unpaired) electrons. The van der Waals surface area contributed by atoms with Gasteiger partial charge in [0.1, 0.15) is 12.4 Å². The van der Waals surface area contributed by atoms with Gasteiger partial charge >= 0.3 is 5.97 Å². The van der Waals surface area contributed by atoms with Crippen LogP contribution in [0.2, 0.25) is 0 Å². The smallest absolute Gasteiger partial charge is 0.318 e. The van der Waals surface area contributed by atoms with Gasteiger partial charge in [-0.3, -0.25) is 4.79 Å². The van der Waals surface area contributed by atoms with Crippen molar-refractivity contribution in [3.8, 4) is 0 Å². The summed E-state index contributed by atoms with van der Waals surface area (Å²) in [6, 6.07) is -0.400. The second-order valence-electron chi connectivity index (χ2n) is 5.02. The van der Waals surface area contributed by atoms with Crippen LogP contribution in [-0.2, 0) is 21.4 Å². The van der Waals surface area contributed by atoms with Crippen molar-refractivity contribution < 1.29 is 18.3 Å². The maximum atomic E-state index is 12.6. The fourth-order valence-corrected chi connectivity index (χ4v) is 3.66. The Morgan fingerprint density at radius 3 is 2.57 bits per heavy atom. The Bertz CT molecular complexity index is 595. The van der Waals surface area contributed by atoms with Gasteiger partial charge in [0.05, 0.1) is 0 Å². The Labute approximate surface area is 125 Å². The molecule has 0 aliphatic carbocycles. The average molecular weight is 317 g/mol. The first-order valence-electron chi connectivity index (χ1n) is 7.01. The van der Waals surface area contributed by atoms with E-state index in [0.717, 1.165) is 10.7 Å². The van der Waals surface area contributed by atoms with Crippen LogP contribution in [0.5, 0.6) is 0 Å². The number of nitrogens with zero attached hydrogens (tertiary/aromatic N) is 3. The highest BCUT2D eigenvalue weighted by Gasteiger charge is 2.32. The molecule has 1 rings (SSSR count). The zero-order valence-corrected chi connectivity index (χ0v) is 13.7. The monoisotopic (exact) mass is 317 g/mol. The van der Waals surface area contributed by atoms with Crippen molar-refractivity contribution in [2.45, 2.75) is 58.1 Å². The molecule has 1 aromatic heterocycles. The summed E-state index contributed by atoms with van der Waals surface area (Å²) in [5.74, 6) is -0.571. The van der Waals surface area contributed by atoms with Crippen LogP contribution in [0.3, 0.4) is 0 Å². The lowest BCUT2D eigenvalue weighted by molar-refractivity contribution is -0.137. The third-order valence-corrected chi connectivity index (χ3v) is 5.20. The summed E-state index contributed by atoms with van der Waals surface area (Å²) in [5, 5.41) is 8.86. The van der Waals surface area contributed by atoms with Gasteiger partial charge in [0, 0.05) is 18.8 Å². The zero-order valence-electron chi connectivity index (χ0n) is 12.9. The molecule has 1 N–H and O–H groups in total.